The molecule has 3 unspecified atom stereocenters. The number of hydrogen-bond donors (Lipinski definition) is 3. The van der Waals surface area contributed by atoms with Crippen molar-refractivity contribution in [1.29, 1.82) is 0 Å². The second kappa shape index (κ2) is 5.77. The second-order valence-electron chi connectivity index (χ2n) is 4.65. The van der Waals surface area contributed by atoms with Gasteiger partial charge in [0, 0.05) is 17.6 Å². The third kappa shape index (κ3) is 3.07. The molecular weight excluding hydrogens is 250 g/mol. The van der Waals surface area contributed by atoms with Gasteiger partial charge in [0.2, 0.25) is 5.91 Å². The van der Waals surface area contributed by atoms with Crippen LogP contribution in [-0.4, -0.2) is 34.7 Å². The number of nitrogens with one attached hydrogen (secondary N) is 2. The van der Waals surface area contributed by atoms with Crippen molar-refractivity contribution in [2.75, 3.05) is 6.54 Å². The highest BCUT2D eigenvalue weighted by molar-refractivity contribution is 7.09. The fourth-order valence-corrected chi connectivity index (χ4v) is 2.99. The number of hydrogen-bond acceptors (Lipinski definition) is 5. The molecule has 0 saturated carbocycles. The Balaban J connectivity index is 1.96. The number of aryl methyl sites for hydroxylation is 1. The molecule has 2 heterocycles. The lowest BCUT2D eigenvalue weighted by Crippen LogP contribution is -2.41. The first-order valence-electron chi connectivity index (χ1n) is 6.24. The van der Waals surface area contributed by atoms with Crippen LogP contribution in [0.3, 0.4) is 0 Å². The van der Waals surface area contributed by atoms with E-state index >= 15 is 0 Å². The van der Waals surface area contributed by atoms with Gasteiger partial charge >= 0.3 is 0 Å². The molecule has 1 aliphatic rings. The van der Waals surface area contributed by atoms with Crippen LogP contribution in [0.25, 0.3) is 0 Å². The summed E-state index contributed by atoms with van der Waals surface area (Å²) in [6, 6.07) is -0.314. The monoisotopic (exact) mass is 269 g/mol. The Hall–Kier alpha value is -0.980. The Labute approximate surface area is 111 Å². The van der Waals surface area contributed by atoms with Crippen LogP contribution in [0.1, 0.15) is 36.5 Å². The third-order valence-electron chi connectivity index (χ3n) is 3.08. The molecule has 1 amide bonds. The summed E-state index contributed by atoms with van der Waals surface area (Å²) >= 11 is 1.57. The van der Waals surface area contributed by atoms with Crippen LogP contribution >= 0.6 is 11.3 Å². The van der Waals surface area contributed by atoms with Crippen LogP contribution in [0.4, 0.5) is 0 Å². The summed E-state index contributed by atoms with van der Waals surface area (Å²) in [4.78, 5) is 16.4. The first-order chi connectivity index (χ1) is 8.60. The number of aliphatic hydroxyl groups excluding tert-OH is 1. The Kier molecular flexibility index (Phi) is 4.31. The van der Waals surface area contributed by atoms with Crippen molar-refractivity contribution < 1.29 is 9.90 Å². The van der Waals surface area contributed by atoms with Crippen molar-refractivity contribution in [1.82, 2.24) is 15.6 Å². The van der Waals surface area contributed by atoms with E-state index in [1.54, 1.807) is 11.3 Å². The fraction of sp³-hybridized carbons (Fsp3) is 0.667. The van der Waals surface area contributed by atoms with E-state index in [0.29, 0.717) is 13.0 Å². The van der Waals surface area contributed by atoms with Crippen molar-refractivity contribution in [3.05, 3.63) is 16.1 Å². The number of carbonyl (C=O) groups excluding carboxylic acids is 1. The molecule has 0 aliphatic carbocycles. The molecule has 2 rings (SSSR count). The van der Waals surface area contributed by atoms with Gasteiger partial charge in [-0.15, -0.1) is 11.3 Å². The molecule has 0 bridgehead atoms. The van der Waals surface area contributed by atoms with E-state index in [-0.39, 0.29) is 18.0 Å². The SMILES string of the molecule is CCC(NC(=O)C1CC(O)CN1)c1nc(C)cs1. The molecule has 3 N–H and O–H groups in total. The predicted molar refractivity (Wildman–Crippen MR) is 70.4 cm³/mol. The summed E-state index contributed by atoms with van der Waals surface area (Å²) in [7, 11) is 0. The molecule has 0 radical (unpaired) electrons. The number of β-amino-alcohol motifs (C(OH)–C–C–N with tert-alkyl or cyclic N) is 1. The van der Waals surface area contributed by atoms with Crippen LogP contribution in [0.5, 0.6) is 0 Å². The number of carbonyl (C=O) groups is 1. The largest absolute Gasteiger partial charge is 0.392 e. The molecule has 6 heteroatoms. The van der Waals surface area contributed by atoms with Crippen molar-refractivity contribution in [3.8, 4) is 0 Å². The van der Waals surface area contributed by atoms with Gasteiger partial charge in [-0.3, -0.25) is 4.79 Å². The summed E-state index contributed by atoms with van der Waals surface area (Å²) in [6.07, 6.45) is 0.885. The lowest BCUT2D eigenvalue weighted by atomic mass is 10.1. The van der Waals surface area contributed by atoms with E-state index < -0.39 is 6.10 Å². The first-order valence-corrected chi connectivity index (χ1v) is 7.12. The maximum Gasteiger partial charge on any atom is 0.237 e. The Morgan fingerprint density at radius 3 is 3.06 bits per heavy atom. The maximum absolute atomic E-state index is 12.0. The average molecular weight is 269 g/mol. The first kappa shape index (κ1) is 13.5. The number of rotatable bonds is 4. The molecule has 5 nitrogen and oxygen atoms in total. The smallest absolute Gasteiger partial charge is 0.237 e. The number of aromatic nitrogens is 1. The summed E-state index contributed by atoms with van der Waals surface area (Å²) in [5.41, 5.74) is 0.983. The minimum absolute atomic E-state index is 0.0317. The Morgan fingerprint density at radius 1 is 1.78 bits per heavy atom. The minimum Gasteiger partial charge on any atom is -0.392 e. The van der Waals surface area contributed by atoms with Gasteiger partial charge in [-0.1, -0.05) is 6.92 Å². The Morgan fingerprint density at radius 2 is 2.56 bits per heavy atom. The van der Waals surface area contributed by atoms with Crippen molar-refractivity contribution >= 4 is 17.2 Å². The highest BCUT2D eigenvalue weighted by Gasteiger charge is 2.29. The van der Waals surface area contributed by atoms with Crippen molar-refractivity contribution in [2.45, 2.75) is 44.9 Å². The predicted octanol–water partition coefficient (Wildman–Crippen LogP) is 0.742. The van der Waals surface area contributed by atoms with Gasteiger partial charge in [0.05, 0.1) is 18.2 Å². The van der Waals surface area contributed by atoms with E-state index in [2.05, 4.69) is 15.6 Å². The van der Waals surface area contributed by atoms with Crippen LogP contribution < -0.4 is 10.6 Å². The third-order valence-corrected chi connectivity index (χ3v) is 4.16. The molecule has 0 aromatic carbocycles. The van der Waals surface area contributed by atoms with E-state index in [1.807, 2.05) is 19.2 Å². The van der Waals surface area contributed by atoms with Gasteiger partial charge in [-0.05, 0) is 19.8 Å². The average Bonchev–Trinajstić information content (AvgIpc) is 2.94. The molecule has 1 fully saturated rings. The zero-order valence-electron chi connectivity index (χ0n) is 10.6. The molecule has 1 saturated heterocycles. The molecule has 1 aromatic heterocycles. The topological polar surface area (TPSA) is 74.2 Å². The van der Waals surface area contributed by atoms with Crippen LogP contribution in [0.2, 0.25) is 0 Å². The second-order valence-corrected chi connectivity index (χ2v) is 5.54. The highest BCUT2D eigenvalue weighted by atomic mass is 32.1. The minimum atomic E-state index is -0.414. The summed E-state index contributed by atoms with van der Waals surface area (Å²) in [5, 5.41) is 18.3. The number of thiazole rings is 1. The summed E-state index contributed by atoms with van der Waals surface area (Å²) in [5.74, 6) is -0.0498. The van der Waals surface area contributed by atoms with Crippen LogP contribution in [-0.2, 0) is 4.79 Å². The highest BCUT2D eigenvalue weighted by Crippen LogP contribution is 2.21. The molecule has 100 valence electrons. The molecule has 1 aromatic rings. The molecule has 3 atom stereocenters. The van der Waals surface area contributed by atoms with E-state index in [0.717, 1.165) is 17.1 Å². The van der Waals surface area contributed by atoms with Gasteiger partial charge < -0.3 is 15.7 Å². The van der Waals surface area contributed by atoms with Crippen LogP contribution in [0, 0.1) is 6.92 Å². The molecule has 0 spiro atoms. The molecular formula is C12H19N3O2S. The standard InChI is InChI=1S/C12H19N3O2S/c1-3-9(12-14-7(2)6-18-12)15-11(17)10-4-8(16)5-13-10/h6,8-10,13,16H,3-5H2,1-2H3,(H,15,17). The molecule has 18 heavy (non-hydrogen) atoms. The maximum atomic E-state index is 12.0. The quantitative estimate of drug-likeness (QED) is 0.754. The van der Waals surface area contributed by atoms with E-state index in [1.165, 1.54) is 0 Å². The van der Waals surface area contributed by atoms with Gasteiger partial charge in [0.15, 0.2) is 0 Å². The van der Waals surface area contributed by atoms with Gasteiger partial charge in [0.25, 0.3) is 0 Å². The zero-order chi connectivity index (χ0) is 13.1. The zero-order valence-corrected chi connectivity index (χ0v) is 11.5. The fourth-order valence-electron chi connectivity index (χ4n) is 2.06. The number of amides is 1. The van der Waals surface area contributed by atoms with Crippen molar-refractivity contribution in [2.24, 2.45) is 0 Å². The lowest BCUT2D eigenvalue weighted by molar-refractivity contribution is -0.123. The normalized spacial score (nSPS) is 25.1. The van der Waals surface area contributed by atoms with Gasteiger partial charge in [-0.2, -0.15) is 0 Å². The van der Waals surface area contributed by atoms with Gasteiger partial charge in [0.1, 0.15) is 5.01 Å². The summed E-state index contributed by atoms with van der Waals surface area (Å²) < 4.78 is 0. The number of aliphatic hydroxyl groups is 1. The van der Waals surface area contributed by atoms with Gasteiger partial charge in [-0.25, -0.2) is 4.98 Å². The van der Waals surface area contributed by atoms with Crippen LogP contribution in [0.15, 0.2) is 5.38 Å². The summed E-state index contributed by atoms with van der Waals surface area (Å²) in [6.45, 7) is 4.47. The van der Waals surface area contributed by atoms with E-state index in [9.17, 15) is 9.90 Å². The number of nitrogens with zero attached hydrogens (tertiary/aromatic N) is 1. The Bertz CT molecular complexity index is 421. The van der Waals surface area contributed by atoms with E-state index in [4.69, 9.17) is 0 Å². The molecule has 1 aliphatic heterocycles. The lowest BCUT2D eigenvalue weighted by Gasteiger charge is -2.17. The van der Waals surface area contributed by atoms with Crippen molar-refractivity contribution in [3.63, 3.8) is 0 Å².